The van der Waals surface area contributed by atoms with E-state index in [1.54, 1.807) is 22.9 Å². The molecule has 0 atom stereocenters. The zero-order valence-electron chi connectivity index (χ0n) is 17.1. The van der Waals surface area contributed by atoms with Gasteiger partial charge in [0.1, 0.15) is 23.8 Å². The first-order valence-corrected chi connectivity index (χ1v) is 10.7. The molecule has 32 heavy (non-hydrogen) atoms. The molecular formula is C25H20BrN3O3. The van der Waals surface area contributed by atoms with E-state index < -0.39 is 0 Å². The van der Waals surface area contributed by atoms with Crippen molar-refractivity contribution in [3.05, 3.63) is 112 Å². The van der Waals surface area contributed by atoms with E-state index in [4.69, 9.17) is 4.74 Å². The zero-order chi connectivity index (χ0) is 22.3. The van der Waals surface area contributed by atoms with Gasteiger partial charge in [-0.2, -0.15) is 0 Å². The molecule has 0 unspecified atom stereocenters. The molecule has 0 saturated heterocycles. The number of ketones is 1. The van der Waals surface area contributed by atoms with E-state index in [0.717, 1.165) is 15.6 Å². The lowest BCUT2D eigenvalue weighted by molar-refractivity contribution is 0.104. The van der Waals surface area contributed by atoms with Crippen LogP contribution < -0.4 is 4.74 Å². The van der Waals surface area contributed by atoms with Gasteiger partial charge in [0.2, 0.25) is 0 Å². The van der Waals surface area contributed by atoms with E-state index in [0.29, 0.717) is 18.0 Å². The number of carbonyl (C=O) groups excluding carboxylic acids is 1. The van der Waals surface area contributed by atoms with Gasteiger partial charge in [0.15, 0.2) is 5.78 Å². The molecule has 1 aromatic heterocycles. The molecule has 0 aliphatic heterocycles. The second-order valence-corrected chi connectivity index (χ2v) is 8.03. The van der Waals surface area contributed by atoms with Crippen LogP contribution in [0.15, 0.2) is 89.5 Å². The van der Waals surface area contributed by atoms with Crippen molar-refractivity contribution in [1.82, 2.24) is 15.0 Å². The molecule has 1 N–H and O–H groups in total. The Bertz CT molecular complexity index is 1240. The zero-order valence-corrected chi connectivity index (χ0v) is 18.6. The van der Waals surface area contributed by atoms with Gasteiger partial charge in [-0.15, -0.1) is 5.10 Å². The molecule has 0 aliphatic rings. The topological polar surface area (TPSA) is 77.2 Å². The molecular weight excluding hydrogens is 470 g/mol. The Morgan fingerprint density at radius 3 is 2.59 bits per heavy atom. The van der Waals surface area contributed by atoms with Crippen molar-refractivity contribution >= 4 is 27.8 Å². The maximum atomic E-state index is 12.4. The number of hydrogen-bond acceptors (Lipinski definition) is 5. The third-order valence-corrected chi connectivity index (χ3v) is 5.22. The lowest BCUT2D eigenvalue weighted by atomic mass is 10.1. The van der Waals surface area contributed by atoms with Crippen molar-refractivity contribution in [2.75, 3.05) is 0 Å². The highest BCUT2D eigenvalue weighted by Gasteiger charge is 2.10. The third-order valence-electron chi connectivity index (χ3n) is 4.69. The summed E-state index contributed by atoms with van der Waals surface area (Å²) in [5.74, 6) is 0.0199. The van der Waals surface area contributed by atoms with Crippen molar-refractivity contribution in [2.24, 2.45) is 0 Å². The van der Waals surface area contributed by atoms with E-state index >= 15 is 0 Å². The summed E-state index contributed by atoms with van der Waals surface area (Å²) in [4.78, 5) is 12.4. The average Bonchev–Trinajstić information content (AvgIpc) is 3.25. The highest BCUT2D eigenvalue weighted by Crippen LogP contribution is 2.25. The minimum atomic E-state index is -0.284. The number of ether oxygens (including phenoxy) is 1. The Labute approximate surface area is 193 Å². The second-order valence-electron chi connectivity index (χ2n) is 7.11. The van der Waals surface area contributed by atoms with E-state index in [1.807, 2.05) is 60.8 Å². The highest BCUT2D eigenvalue weighted by atomic mass is 79.9. The van der Waals surface area contributed by atoms with Crippen LogP contribution in [0.5, 0.6) is 11.5 Å². The number of benzene rings is 3. The lowest BCUT2D eigenvalue weighted by Gasteiger charge is -2.07. The SMILES string of the molecule is O=C(/C=C/c1ccccc1)c1ccc(OCc2cn(Cc3ccc(Br)cc3)nn2)cc1O. The summed E-state index contributed by atoms with van der Waals surface area (Å²) < 4.78 is 8.47. The van der Waals surface area contributed by atoms with Gasteiger partial charge in [-0.05, 0) is 41.5 Å². The molecule has 4 aromatic rings. The highest BCUT2D eigenvalue weighted by molar-refractivity contribution is 9.10. The number of nitrogens with zero attached hydrogens (tertiary/aromatic N) is 3. The number of aromatic nitrogens is 3. The molecule has 0 aliphatic carbocycles. The summed E-state index contributed by atoms with van der Waals surface area (Å²) in [5.41, 5.74) is 2.89. The Kier molecular flexibility index (Phi) is 6.77. The van der Waals surface area contributed by atoms with E-state index in [9.17, 15) is 9.90 Å². The number of halogens is 1. The van der Waals surface area contributed by atoms with Gasteiger partial charge in [0, 0.05) is 10.5 Å². The van der Waals surface area contributed by atoms with Crippen LogP contribution in [0.25, 0.3) is 6.08 Å². The van der Waals surface area contributed by atoms with Crippen molar-refractivity contribution in [3.8, 4) is 11.5 Å². The smallest absolute Gasteiger partial charge is 0.189 e. The molecule has 0 saturated carbocycles. The molecule has 0 radical (unpaired) electrons. The Morgan fingerprint density at radius 1 is 1.06 bits per heavy atom. The molecule has 3 aromatic carbocycles. The minimum absolute atomic E-state index is 0.135. The van der Waals surface area contributed by atoms with Crippen LogP contribution in [-0.4, -0.2) is 25.9 Å². The average molecular weight is 490 g/mol. The number of rotatable bonds is 8. The number of carbonyl (C=O) groups is 1. The Balaban J connectivity index is 1.35. The van der Waals surface area contributed by atoms with Crippen molar-refractivity contribution in [1.29, 1.82) is 0 Å². The first-order chi connectivity index (χ1) is 15.6. The van der Waals surface area contributed by atoms with E-state index in [2.05, 4.69) is 26.2 Å². The Hall–Kier alpha value is -3.71. The number of hydrogen-bond donors (Lipinski definition) is 1. The van der Waals surface area contributed by atoms with Crippen molar-refractivity contribution in [3.63, 3.8) is 0 Å². The summed E-state index contributed by atoms with van der Waals surface area (Å²) in [6.07, 6.45) is 4.96. The summed E-state index contributed by atoms with van der Waals surface area (Å²) in [7, 11) is 0. The van der Waals surface area contributed by atoms with E-state index in [1.165, 1.54) is 12.1 Å². The minimum Gasteiger partial charge on any atom is -0.507 e. The number of phenolic OH excluding ortho intramolecular Hbond substituents is 1. The normalized spacial score (nSPS) is 11.0. The monoisotopic (exact) mass is 489 g/mol. The molecule has 0 amide bonds. The second kappa shape index (κ2) is 10.1. The molecule has 0 spiro atoms. The Morgan fingerprint density at radius 2 is 1.84 bits per heavy atom. The lowest BCUT2D eigenvalue weighted by Crippen LogP contribution is -2.00. The maximum absolute atomic E-state index is 12.4. The summed E-state index contributed by atoms with van der Waals surface area (Å²) >= 11 is 3.42. The van der Waals surface area contributed by atoms with Gasteiger partial charge < -0.3 is 9.84 Å². The number of aromatic hydroxyl groups is 1. The molecule has 6 nitrogen and oxygen atoms in total. The first kappa shape index (κ1) is 21.5. The fourth-order valence-electron chi connectivity index (χ4n) is 3.05. The predicted molar refractivity (Wildman–Crippen MR) is 126 cm³/mol. The van der Waals surface area contributed by atoms with Crippen LogP contribution in [0, 0.1) is 0 Å². The number of allylic oxidation sites excluding steroid dienone is 1. The van der Waals surface area contributed by atoms with Crippen LogP contribution >= 0.6 is 15.9 Å². The molecule has 7 heteroatoms. The van der Waals surface area contributed by atoms with Gasteiger partial charge >= 0.3 is 0 Å². The van der Waals surface area contributed by atoms with Gasteiger partial charge in [-0.3, -0.25) is 4.79 Å². The van der Waals surface area contributed by atoms with Crippen LogP contribution in [-0.2, 0) is 13.2 Å². The van der Waals surface area contributed by atoms with Crippen LogP contribution in [0.2, 0.25) is 0 Å². The largest absolute Gasteiger partial charge is 0.507 e. The molecule has 160 valence electrons. The molecule has 4 rings (SSSR count). The van der Waals surface area contributed by atoms with Gasteiger partial charge in [0.25, 0.3) is 0 Å². The summed E-state index contributed by atoms with van der Waals surface area (Å²) in [6.45, 7) is 0.801. The van der Waals surface area contributed by atoms with Gasteiger partial charge in [-0.25, -0.2) is 4.68 Å². The molecule has 0 fully saturated rings. The summed E-state index contributed by atoms with van der Waals surface area (Å²) in [6, 6.07) is 22.1. The van der Waals surface area contributed by atoms with Gasteiger partial charge in [-0.1, -0.05) is 69.7 Å². The van der Waals surface area contributed by atoms with Crippen LogP contribution in [0.4, 0.5) is 0 Å². The molecule has 1 heterocycles. The predicted octanol–water partition coefficient (Wildman–Crippen LogP) is 5.27. The number of phenols is 1. The fourth-order valence-corrected chi connectivity index (χ4v) is 3.32. The van der Waals surface area contributed by atoms with Gasteiger partial charge in [0.05, 0.1) is 18.3 Å². The standard InChI is InChI=1S/C25H20BrN3O3/c26-20-9-6-19(7-10-20)15-29-16-21(27-28-29)17-32-22-11-12-23(25(31)14-22)24(30)13-8-18-4-2-1-3-5-18/h1-14,16,31H,15,17H2/b13-8+. The van der Waals surface area contributed by atoms with Crippen LogP contribution in [0.3, 0.4) is 0 Å². The maximum Gasteiger partial charge on any atom is 0.189 e. The fraction of sp³-hybridized carbons (Fsp3) is 0.0800. The first-order valence-electron chi connectivity index (χ1n) is 9.93. The van der Waals surface area contributed by atoms with Crippen molar-refractivity contribution in [2.45, 2.75) is 13.2 Å². The summed E-state index contributed by atoms with van der Waals surface area (Å²) in [5, 5.41) is 18.5. The van der Waals surface area contributed by atoms with Crippen LogP contribution in [0.1, 0.15) is 27.2 Å². The van der Waals surface area contributed by atoms with E-state index in [-0.39, 0.29) is 23.7 Å². The van der Waals surface area contributed by atoms with Crippen molar-refractivity contribution < 1.29 is 14.6 Å². The third kappa shape index (κ3) is 5.70. The quantitative estimate of drug-likeness (QED) is 0.269. The molecule has 0 bridgehead atoms.